The number of methoxy groups -OCH3 is 1. The van der Waals surface area contributed by atoms with Crippen molar-refractivity contribution in [3.8, 4) is 11.5 Å². The summed E-state index contributed by atoms with van der Waals surface area (Å²) in [5.74, 6) is 0.787. The first kappa shape index (κ1) is 21.0. The minimum Gasteiger partial charge on any atom is -0.493 e. The van der Waals surface area contributed by atoms with E-state index in [1.807, 2.05) is 12.1 Å². The summed E-state index contributed by atoms with van der Waals surface area (Å²) < 4.78 is 25.2. The van der Waals surface area contributed by atoms with Crippen molar-refractivity contribution in [1.82, 2.24) is 5.32 Å². The zero-order valence-electron chi connectivity index (χ0n) is 14.5. The molecule has 0 aliphatic carbocycles. The van der Waals surface area contributed by atoms with E-state index in [4.69, 9.17) is 26.2 Å². The van der Waals surface area contributed by atoms with E-state index in [1.54, 1.807) is 13.2 Å². The highest BCUT2D eigenvalue weighted by atomic mass is 79.9. The largest absolute Gasteiger partial charge is 0.493 e. The van der Waals surface area contributed by atoms with Crippen LogP contribution in [0.3, 0.4) is 0 Å². The SMILES string of the molecule is COc1cc(CNCCCCO)cc(Br)c1OCc1ccc(F)cc1Cl. The summed E-state index contributed by atoms with van der Waals surface area (Å²) in [5, 5.41) is 12.4. The normalized spacial score (nSPS) is 10.8. The highest BCUT2D eigenvalue weighted by molar-refractivity contribution is 9.10. The predicted octanol–water partition coefficient (Wildman–Crippen LogP) is 4.69. The summed E-state index contributed by atoms with van der Waals surface area (Å²) in [5.41, 5.74) is 1.74. The molecule has 2 N–H and O–H groups in total. The topological polar surface area (TPSA) is 50.7 Å². The number of aliphatic hydroxyl groups excluding tert-OH is 1. The fourth-order valence-electron chi connectivity index (χ4n) is 2.40. The molecule has 0 unspecified atom stereocenters. The molecule has 2 rings (SSSR count). The van der Waals surface area contributed by atoms with E-state index >= 15 is 0 Å². The molecule has 0 radical (unpaired) electrons. The average Bonchev–Trinajstić information content (AvgIpc) is 2.61. The number of ether oxygens (including phenoxy) is 2. The van der Waals surface area contributed by atoms with E-state index in [1.165, 1.54) is 12.1 Å². The van der Waals surface area contributed by atoms with E-state index in [0.717, 1.165) is 29.4 Å². The number of unbranched alkanes of at least 4 members (excludes halogenated alkanes) is 1. The van der Waals surface area contributed by atoms with E-state index < -0.39 is 0 Å². The first-order valence-corrected chi connectivity index (χ1v) is 9.47. The molecule has 4 nitrogen and oxygen atoms in total. The smallest absolute Gasteiger partial charge is 0.175 e. The van der Waals surface area contributed by atoms with Gasteiger partial charge in [0.25, 0.3) is 0 Å². The number of benzene rings is 2. The standard InChI is InChI=1S/C19H22BrClFNO3/c1-25-18-9-13(11-23-6-2-3-7-24)8-16(20)19(18)26-12-14-4-5-15(22)10-17(14)21/h4-5,8-10,23-24H,2-3,6-7,11-12H2,1H3. The van der Waals surface area contributed by atoms with Gasteiger partial charge in [0.2, 0.25) is 0 Å². The molecule has 7 heteroatoms. The van der Waals surface area contributed by atoms with Crippen molar-refractivity contribution in [2.24, 2.45) is 0 Å². The Hall–Kier alpha value is -1.34. The number of hydrogen-bond acceptors (Lipinski definition) is 4. The van der Waals surface area contributed by atoms with Gasteiger partial charge in [-0.1, -0.05) is 17.7 Å². The van der Waals surface area contributed by atoms with E-state index in [9.17, 15) is 4.39 Å². The fraction of sp³-hybridized carbons (Fsp3) is 0.368. The van der Waals surface area contributed by atoms with Crippen LogP contribution in [-0.2, 0) is 13.2 Å². The van der Waals surface area contributed by atoms with Crippen molar-refractivity contribution in [2.75, 3.05) is 20.3 Å². The van der Waals surface area contributed by atoms with Crippen LogP contribution in [0.5, 0.6) is 11.5 Å². The molecule has 2 aromatic rings. The van der Waals surface area contributed by atoms with Crippen molar-refractivity contribution in [1.29, 1.82) is 0 Å². The van der Waals surface area contributed by atoms with Gasteiger partial charge in [0.15, 0.2) is 11.5 Å². The first-order valence-electron chi connectivity index (χ1n) is 8.30. The van der Waals surface area contributed by atoms with Gasteiger partial charge in [-0.05, 0) is 65.1 Å². The number of nitrogens with one attached hydrogen (secondary N) is 1. The predicted molar refractivity (Wildman–Crippen MR) is 104 cm³/mol. The number of hydrogen-bond donors (Lipinski definition) is 2. The minimum atomic E-state index is -0.381. The van der Waals surface area contributed by atoms with Crippen molar-refractivity contribution in [2.45, 2.75) is 26.0 Å². The van der Waals surface area contributed by atoms with Crippen molar-refractivity contribution in [3.05, 3.63) is 56.8 Å². The highest BCUT2D eigenvalue weighted by Gasteiger charge is 2.13. The number of rotatable bonds is 10. The lowest BCUT2D eigenvalue weighted by atomic mass is 10.2. The van der Waals surface area contributed by atoms with E-state index in [0.29, 0.717) is 28.6 Å². The second kappa shape index (κ2) is 10.7. The summed E-state index contributed by atoms with van der Waals surface area (Å²) in [7, 11) is 1.58. The third-order valence-corrected chi connectivity index (χ3v) is 4.71. The quantitative estimate of drug-likeness (QED) is 0.520. The molecule has 2 aromatic carbocycles. The maximum absolute atomic E-state index is 13.1. The van der Waals surface area contributed by atoms with Crippen molar-refractivity contribution >= 4 is 27.5 Å². The molecular weight excluding hydrogens is 425 g/mol. The Labute approximate surface area is 166 Å². The molecule has 0 aliphatic rings. The van der Waals surface area contributed by atoms with Crippen molar-refractivity contribution < 1.29 is 19.0 Å². The molecule has 0 fully saturated rings. The van der Waals surface area contributed by atoms with Crippen LogP contribution in [0, 0.1) is 5.82 Å². The Bertz CT molecular complexity index is 730. The number of aliphatic hydroxyl groups is 1. The van der Waals surface area contributed by atoms with Gasteiger partial charge < -0.3 is 19.9 Å². The van der Waals surface area contributed by atoms with Gasteiger partial charge in [-0.15, -0.1) is 0 Å². The first-order chi connectivity index (χ1) is 12.5. The molecule has 142 valence electrons. The van der Waals surface area contributed by atoms with Gasteiger partial charge in [-0.25, -0.2) is 4.39 Å². The van der Waals surface area contributed by atoms with Crippen LogP contribution in [0.1, 0.15) is 24.0 Å². The maximum Gasteiger partial charge on any atom is 0.175 e. The second-order valence-corrected chi connectivity index (χ2v) is 7.00. The van der Waals surface area contributed by atoms with Gasteiger partial charge in [0.1, 0.15) is 12.4 Å². The fourth-order valence-corrected chi connectivity index (χ4v) is 3.22. The summed E-state index contributed by atoms with van der Waals surface area (Å²) in [6.07, 6.45) is 1.72. The van der Waals surface area contributed by atoms with Crippen LogP contribution >= 0.6 is 27.5 Å². The lowest BCUT2D eigenvalue weighted by Crippen LogP contribution is -2.15. The molecule has 0 aliphatic heterocycles. The van der Waals surface area contributed by atoms with Gasteiger partial charge in [0.05, 0.1) is 16.6 Å². The Morgan fingerprint density at radius 1 is 1.23 bits per heavy atom. The second-order valence-electron chi connectivity index (χ2n) is 5.74. The molecule has 0 atom stereocenters. The van der Waals surface area contributed by atoms with Crippen LogP contribution in [0.2, 0.25) is 5.02 Å². The molecule has 0 saturated carbocycles. The van der Waals surface area contributed by atoms with Crippen LogP contribution < -0.4 is 14.8 Å². The summed E-state index contributed by atoms with van der Waals surface area (Å²) >= 11 is 9.56. The average molecular weight is 447 g/mol. The Morgan fingerprint density at radius 2 is 2.04 bits per heavy atom. The van der Waals surface area contributed by atoms with Gasteiger partial charge in [-0.3, -0.25) is 0 Å². The number of halogens is 3. The van der Waals surface area contributed by atoms with Crippen molar-refractivity contribution in [3.63, 3.8) is 0 Å². The molecule has 0 heterocycles. The molecular formula is C19H22BrClFNO3. The summed E-state index contributed by atoms with van der Waals surface area (Å²) in [6.45, 7) is 1.93. The van der Waals surface area contributed by atoms with Gasteiger partial charge in [0, 0.05) is 18.7 Å². The molecule has 0 saturated heterocycles. The lowest BCUT2D eigenvalue weighted by Gasteiger charge is -2.15. The summed E-state index contributed by atoms with van der Waals surface area (Å²) in [6, 6.07) is 8.08. The minimum absolute atomic E-state index is 0.201. The monoisotopic (exact) mass is 445 g/mol. The molecule has 0 spiro atoms. The van der Waals surface area contributed by atoms with Crippen LogP contribution in [0.25, 0.3) is 0 Å². The Balaban J connectivity index is 2.03. The van der Waals surface area contributed by atoms with Crippen LogP contribution in [0.15, 0.2) is 34.8 Å². The third-order valence-electron chi connectivity index (χ3n) is 3.77. The maximum atomic E-state index is 13.1. The van der Waals surface area contributed by atoms with Crippen LogP contribution in [0.4, 0.5) is 4.39 Å². The van der Waals surface area contributed by atoms with E-state index in [2.05, 4.69) is 21.2 Å². The third kappa shape index (κ3) is 6.13. The van der Waals surface area contributed by atoms with E-state index in [-0.39, 0.29) is 19.0 Å². The zero-order chi connectivity index (χ0) is 18.9. The molecule has 0 amide bonds. The lowest BCUT2D eigenvalue weighted by molar-refractivity contribution is 0.282. The summed E-state index contributed by atoms with van der Waals surface area (Å²) in [4.78, 5) is 0. The van der Waals surface area contributed by atoms with Gasteiger partial charge >= 0.3 is 0 Å². The van der Waals surface area contributed by atoms with Crippen LogP contribution in [-0.4, -0.2) is 25.4 Å². The molecule has 0 aromatic heterocycles. The Kier molecular flexibility index (Phi) is 8.65. The molecule has 26 heavy (non-hydrogen) atoms. The molecule has 0 bridgehead atoms. The zero-order valence-corrected chi connectivity index (χ0v) is 16.9. The van der Waals surface area contributed by atoms with Gasteiger partial charge in [-0.2, -0.15) is 0 Å². The highest BCUT2D eigenvalue weighted by Crippen LogP contribution is 2.37. The Morgan fingerprint density at radius 3 is 2.73 bits per heavy atom.